The van der Waals surface area contributed by atoms with Gasteiger partial charge in [-0.05, 0) is 34.9 Å². The van der Waals surface area contributed by atoms with Gasteiger partial charge >= 0.3 is 0 Å². The summed E-state index contributed by atoms with van der Waals surface area (Å²) in [4.78, 5) is 11.1. The molecule has 0 spiro atoms. The van der Waals surface area contributed by atoms with Crippen LogP contribution < -0.4 is 5.32 Å². The van der Waals surface area contributed by atoms with Crippen LogP contribution in [-0.2, 0) is 11.2 Å². The molecular formula is C16H19NO2. The SMILES string of the molecule is CC(C)NC(C=O)Cc1ccc2ccc(O)cc2c1. The second-order valence-corrected chi connectivity index (χ2v) is 5.13. The third-order valence-corrected chi connectivity index (χ3v) is 3.06. The van der Waals surface area contributed by atoms with Gasteiger partial charge in [0.25, 0.3) is 0 Å². The van der Waals surface area contributed by atoms with Gasteiger partial charge in [-0.25, -0.2) is 0 Å². The van der Waals surface area contributed by atoms with Crippen LogP contribution >= 0.6 is 0 Å². The smallest absolute Gasteiger partial charge is 0.137 e. The number of hydrogen-bond donors (Lipinski definition) is 2. The fourth-order valence-electron chi connectivity index (χ4n) is 2.24. The number of carbonyl (C=O) groups is 1. The van der Waals surface area contributed by atoms with Crippen molar-refractivity contribution in [3.63, 3.8) is 0 Å². The van der Waals surface area contributed by atoms with Crippen molar-refractivity contribution in [2.24, 2.45) is 0 Å². The van der Waals surface area contributed by atoms with Crippen molar-refractivity contribution in [2.75, 3.05) is 0 Å². The third-order valence-electron chi connectivity index (χ3n) is 3.06. The maximum atomic E-state index is 11.1. The summed E-state index contributed by atoms with van der Waals surface area (Å²) in [5, 5.41) is 14.8. The molecule has 0 fully saturated rings. The van der Waals surface area contributed by atoms with Gasteiger partial charge in [0.2, 0.25) is 0 Å². The number of fused-ring (bicyclic) bond motifs is 1. The predicted molar refractivity (Wildman–Crippen MR) is 77.4 cm³/mol. The van der Waals surface area contributed by atoms with E-state index >= 15 is 0 Å². The lowest BCUT2D eigenvalue weighted by Gasteiger charge is -2.16. The Morgan fingerprint density at radius 1 is 1.16 bits per heavy atom. The monoisotopic (exact) mass is 257 g/mol. The Labute approximate surface area is 113 Å². The number of benzene rings is 2. The Balaban J connectivity index is 2.22. The molecule has 0 saturated carbocycles. The van der Waals surface area contributed by atoms with Crippen LogP contribution in [0.2, 0.25) is 0 Å². The van der Waals surface area contributed by atoms with Crippen molar-refractivity contribution in [1.82, 2.24) is 5.32 Å². The zero-order chi connectivity index (χ0) is 13.8. The first-order valence-corrected chi connectivity index (χ1v) is 6.51. The minimum atomic E-state index is -0.172. The molecule has 2 N–H and O–H groups in total. The molecule has 1 atom stereocenters. The molecule has 2 aromatic rings. The molecule has 2 aromatic carbocycles. The lowest BCUT2D eigenvalue weighted by atomic mass is 10.0. The van der Waals surface area contributed by atoms with Crippen LogP contribution in [0.3, 0.4) is 0 Å². The van der Waals surface area contributed by atoms with Crippen LogP contribution in [0.4, 0.5) is 0 Å². The summed E-state index contributed by atoms with van der Waals surface area (Å²) in [5.41, 5.74) is 1.09. The van der Waals surface area contributed by atoms with Gasteiger partial charge in [-0.1, -0.05) is 38.1 Å². The molecule has 0 radical (unpaired) electrons. The van der Waals surface area contributed by atoms with Crippen LogP contribution in [0.1, 0.15) is 19.4 Å². The number of aldehydes is 1. The Hall–Kier alpha value is -1.87. The molecule has 3 heteroatoms. The highest BCUT2D eigenvalue weighted by Gasteiger charge is 2.09. The number of hydrogen-bond acceptors (Lipinski definition) is 3. The largest absolute Gasteiger partial charge is 0.508 e. The predicted octanol–water partition coefficient (Wildman–Crippen LogP) is 2.65. The van der Waals surface area contributed by atoms with Crippen molar-refractivity contribution < 1.29 is 9.90 Å². The van der Waals surface area contributed by atoms with Crippen LogP contribution in [0, 0.1) is 0 Å². The van der Waals surface area contributed by atoms with E-state index in [2.05, 4.69) is 5.32 Å². The Morgan fingerprint density at radius 2 is 1.89 bits per heavy atom. The maximum absolute atomic E-state index is 11.1. The Morgan fingerprint density at radius 3 is 2.58 bits per heavy atom. The Kier molecular flexibility index (Phi) is 4.17. The van der Waals surface area contributed by atoms with Crippen molar-refractivity contribution in [3.05, 3.63) is 42.0 Å². The van der Waals surface area contributed by atoms with E-state index in [4.69, 9.17) is 0 Å². The number of carbonyl (C=O) groups excluding carboxylic acids is 1. The summed E-state index contributed by atoms with van der Waals surface area (Å²) >= 11 is 0. The second kappa shape index (κ2) is 5.85. The van der Waals surface area contributed by atoms with Crippen molar-refractivity contribution in [1.29, 1.82) is 0 Å². The standard InChI is InChI=1S/C16H19NO2/c1-11(2)17-15(10-18)8-12-3-4-13-5-6-16(19)9-14(13)7-12/h3-7,9-11,15,17,19H,8H2,1-2H3. The average Bonchev–Trinajstić information content (AvgIpc) is 2.37. The number of aromatic hydroxyl groups is 1. The normalized spacial score (nSPS) is 12.8. The topological polar surface area (TPSA) is 49.3 Å². The van der Waals surface area contributed by atoms with Crippen LogP contribution in [-0.4, -0.2) is 23.5 Å². The lowest BCUT2D eigenvalue weighted by Crippen LogP contribution is -2.37. The number of phenolic OH excluding ortho intramolecular Hbond substituents is 1. The zero-order valence-electron chi connectivity index (χ0n) is 11.3. The van der Waals surface area contributed by atoms with E-state index in [1.807, 2.05) is 38.1 Å². The molecular weight excluding hydrogens is 238 g/mol. The molecule has 0 saturated heterocycles. The van der Waals surface area contributed by atoms with Gasteiger partial charge in [0.1, 0.15) is 12.0 Å². The lowest BCUT2D eigenvalue weighted by molar-refractivity contribution is -0.109. The molecule has 100 valence electrons. The highest BCUT2D eigenvalue weighted by Crippen LogP contribution is 2.21. The summed E-state index contributed by atoms with van der Waals surface area (Å²) < 4.78 is 0. The number of nitrogens with one attached hydrogen (secondary N) is 1. The summed E-state index contributed by atoms with van der Waals surface area (Å²) in [7, 11) is 0. The fraction of sp³-hybridized carbons (Fsp3) is 0.312. The first-order valence-electron chi connectivity index (χ1n) is 6.51. The summed E-state index contributed by atoms with van der Waals surface area (Å²) in [6.07, 6.45) is 1.61. The summed E-state index contributed by atoms with van der Waals surface area (Å²) in [5.74, 6) is 0.261. The van der Waals surface area contributed by atoms with Crippen LogP contribution in [0.25, 0.3) is 10.8 Å². The van der Waals surface area contributed by atoms with Crippen molar-refractivity contribution in [2.45, 2.75) is 32.4 Å². The Bertz CT molecular complexity index is 578. The fourth-order valence-corrected chi connectivity index (χ4v) is 2.24. The zero-order valence-corrected chi connectivity index (χ0v) is 11.3. The molecule has 0 aliphatic rings. The van der Waals surface area contributed by atoms with Gasteiger partial charge in [-0.15, -0.1) is 0 Å². The molecule has 3 nitrogen and oxygen atoms in total. The van der Waals surface area contributed by atoms with E-state index in [0.29, 0.717) is 6.42 Å². The average molecular weight is 257 g/mol. The first-order chi connectivity index (χ1) is 9.08. The molecule has 2 rings (SSSR count). The van der Waals surface area contributed by atoms with Crippen molar-refractivity contribution in [3.8, 4) is 5.75 Å². The van der Waals surface area contributed by atoms with Gasteiger partial charge in [-0.2, -0.15) is 0 Å². The highest BCUT2D eigenvalue weighted by molar-refractivity contribution is 5.84. The summed E-state index contributed by atoms with van der Waals surface area (Å²) in [6, 6.07) is 11.5. The minimum absolute atomic E-state index is 0.172. The maximum Gasteiger partial charge on any atom is 0.137 e. The molecule has 0 heterocycles. The van der Waals surface area contributed by atoms with E-state index < -0.39 is 0 Å². The highest BCUT2D eigenvalue weighted by atomic mass is 16.3. The molecule has 19 heavy (non-hydrogen) atoms. The van der Waals surface area contributed by atoms with Gasteiger partial charge in [0.15, 0.2) is 0 Å². The van der Waals surface area contributed by atoms with E-state index in [1.54, 1.807) is 12.1 Å². The van der Waals surface area contributed by atoms with E-state index in [-0.39, 0.29) is 17.8 Å². The second-order valence-electron chi connectivity index (χ2n) is 5.13. The van der Waals surface area contributed by atoms with Crippen molar-refractivity contribution >= 4 is 17.1 Å². The molecule has 0 amide bonds. The van der Waals surface area contributed by atoms with Gasteiger partial charge < -0.3 is 15.2 Å². The van der Waals surface area contributed by atoms with E-state index in [9.17, 15) is 9.90 Å². The number of rotatable bonds is 5. The van der Waals surface area contributed by atoms with E-state index in [1.165, 1.54) is 0 Å². The van der Waals surface area contributed by atoms with Gasteiger partial charge in [0.05, 0.1) is 6.04 Å². The molecule has 0 aliphatic heterocycles. The van der Waals surface area contributed by atoms with E-state index in [0.717, 1.165) is 22.6 Å². The first kappa shape index (κ1) is 13.6. The summed E-state index contributed by atoms with van der Waals surface area (Å²) in [6.45, 7) is 4.05. The quantitative estimate of drug-likeness (QED) is 0.810. The molecule has 0 aliphatic carbocycles. The van der Waals surface area contributed by atoms with Crippen LogP contribution in [0.5, 0.6) is 5.75 Å². The molecule has 0 bridgehead atoms. The third kappa shape index (κ3) is 3.55. The minimum Gasteiger partial charge on any atom is -0.508 e. The van der Waals surface area contributed by atoms with Gasteiger partial charge in [-0.3, -0.25) is 0 Å². The molecule has 0 aromatic heterocycles. The number of phenols is 1. The van der Waals surface area contributed by atoms with Gasteiger partial charge in [0, 0.05) is 6.04 Å². The molecule has 1 unspecified atom stereocenters. The van der Waals surface area contributed by atoms with Crippen LogP contribution in [0.15, 0.2) is 36.4 Å².